The molecular weight excluding hydrogens is 280 g/mol. The third kappa shape index (κ3) is 2.77. The number of hydrogen-bond donors (Lipinski definition) is 2. The Bertz CT molecular complexity index is 785. The minimum Gasteiger partial charge on any atom is -0.346 e. The smallest absolute Gasteiger partial charge is 0.244 e. The molecule has 0 saturated heterocycles. The van der Waals surface area contributed by atoms with Crippen LogP contribution in [0.5, 0.6) is 0 Å². The molecule has 116 valence electrons. The molecule has 0 amide bonds. The normalized spacial score (nSPS) is 11.3. The number of aromatic amines is 1. The van der Waals surface area contributed by atoms with Gasteiger partial charge in [-0.15, -0.1) is 5.10 Å². The maximum absolute atomic E-state index is 4.47. The number of aryl methyl sites for hydroxylation is 2. The SMILES string of the molecule is Cc1nn(C)c2ncc(CNCc3nc(N(C)C)n[nH]3)cc12. The van der Waals surface area contributed by atoms with Crippen molar-refractivity contribution in [2.75, 3.05) is 19.0 Å². The molecule has 3 rings (SSSR count). The molecule has 0 aliphatic heterocycles. The summed E-state index contributed by atoms with van der Waals surface area (Å²) in [5.74, 6) is 1.50. The van der Waals surface area contributed by atoms with E-state index in [4.69, 9.17) is 0 Å². The lowest BCUT2D eigenvalue weighted by Crippen LogP contribution is -2.14. The fraction of sp³-hybridized carbons (Fsp3) is 0.429. The molecule has 0 spiro atoms. The second-order valence-corrected chi connectivity index (χ2v) is 5.50. The Morgan fingerprint density at radius 3 is 2.86 bits per heavy atom. The van der Waals surface area contributed by atoms with Crippen molar-refractivity contribution in [3.63, 3.8) is 0 Å². The van der Waals surface area contributed by atoms with E-state index in [0.29, 0.717) is 12.5 Å². The van der Waals surface area contributed by atoms with Crippen molar-refractivity contribution in [1.29, 1.82) is 0 Å². The van der Waals surface area contributed by atoms with Crippen LogP contribution in [0.15, 0.2) is 12.3 Å². The van der Waals surface area contributed by atoms with Gasteiger partial charge in [-0.2, -0.15) is 10.1 Å². The lowest BCUT2D eigenvalue weighted by Gasteiger charge is -2.04. The van der Waals surface area contributed by atoms with E-state index in [2.05, 4.69) is 36.6 Å². The van der Waals surface area contributed by atoms with Gasteiger partial charge in [-0.25, -0.2) is 4.98 Å². The Morgan fingerprint density at radius 1 is 1.32 bits per heavy atom. The molecule has 0 atom stereocenters. The summed E-state index contributed by atoms with van der Waals surface area (Å²) in [5, 5.41) is 15.9. The molecule has 2 N–H and O–H groups in total. The van der Waals surface area contributed by atoms with E-state index in [1.807, 2.05) is 39.2 Å². The number of nitrogens with zero attached hydrogens (tertiary/aromatic N) is 6. The molecule has 0 aliphatic carbocycles. The van der Waals surface area contributed by atoms with E-state index in [-0.39, 0.29) is 0 Å². The monoisotopic (exact) mass is 300 g/mol. The third-order valence-electron chi connectivity index (χ3n) is 3.46. The molecule has 0 unspecified atom stereocenters. The van der Waals surface area contributed by atoms with Gasteiger partial charge in [-0.3, -0.25) is 9.78 Å². The topological polar surface area (TPSA) is 87.6 Å². The summed E-state index contributed by atoms with van der Waals surface area (Å²) < 4.78 is 1.80. The third-order valence-corrected chi connectivity index (χ3v) is 3.46. The van der Waals surface area contributed by atoms with Crippen LogP contribution in [0, 0.1) is 6.92 Å². The summed E-state index contributed by atoms with van der Waals surface area (Å²) >= 11 is 0. The summed E-state index contributed by atoms with van der Waals surface area (Å²) in [6.07, 6.45) is 1.88. The minimum atomic E-state index is 0.630. The van der Waals surface area contributed by atoms with Gasteiger partial charge in [0.05, 0.1) is 12.2 Å². The molecule has 3 heterocycles. The molecule has 0 aromatic carbocycles. The Hall–Kier alpha value is -2.48. The predicted molar refractivity (Wildman–Crippen MR) is 84.5 cm³/mol. The Kier molecular flexibility index (Phi) is 3.76. The lowest BCUT2D eigenvalue weighted by atomic mass is 10.2. The number of aromatic nitrogens is 6. The number of fused-ring (bicyclic) bond motifs is 1. The highest BCUT2D eigenvalue weighted by atomic mass is 15.3. The molecule has 3 aromatic heterocycles. The summed E-state index contributed by atoms with van der Waals surface area (Å²) in [6.45, 7) is 3.35. The maximum Gasteiger partial charge on any atom is 0.244 e. The van der Waals surface area contributed by atoms with E-state index in [1.54, 1.807) is 4.68 Å². The van der Waals surface area contributed by atoms with E-state index in [1.165, 1.54) is 0 Å². The zero-order chi connectivity index (χ0) is 15.7. The van der Waals surface area contributed by atoms with E-state index >= 15 is 0 Å². The maximum atomic E-state index is 4.47. The lowest BCUT2D eigenvalue weighted by molar-refractivity contribution is 0.663. The number of hydrogen-bond acceptors (Lipinski definition) is 6. The van der Waals surface area contributed by atoms with E-state index in [0.717, 1.165) is 34.7 Å². The fourth-order valence-corrected chi connectivity index (χ4v) is 2.34. The summed E-state index contributed by atoms with van der Waals surface area (Å²) in [5.41, 5.74) is 3.03. The number of anilines is 1. The van der Waals surface area contributed by atoms with Crippen LogP contribution in [0.2, 0.25) is 0 Å². The van der Waals surface area contributed by atoms with Gasteiger partial charge in [0.15, 0.2) is 5.65 Å². The van der Waals surface area contributed by atoms with Crippen molar-refractivity contribution in [2.45, 2.75) is 20.0 Å². The van der Waals surface area contributed by atoms with Crippen molar-refractivity contribution in [3.05, 3.63) is 29.3 Å². The van der Waals surface area contributed by atoms with Gasteiger partial charge in [0.2, 0.25) is 5.95 Å². The number of rotatable bonds is 5. The Labute approximate surface area is 128 Å². The zero-order valence-electron chi connectivity index (χ0n) is 13.3. The van der Waals surface area contributed by atoms with Gasteiger partial charge < -0.3 is 10.2 Å². The largest absolute Gasteiger partial charge is 0.346 e. The average molecular weight is 300 g/mol. The first-order valence-corrected chi connectivity index (χ1v) is 7.12. The van der Waals surface area contributed by atoms with Crippen LogP contribution in [0.25, 0.3) is 11.0 Å². The van der Waals surface area contributed by atoms with Crippen molar-refractivity contribution in [1.82, 2.24) is 35.3 Å². The molecule has 8 nitrogen and oxygen atoms in total. The first kappa shape index (κ1) is 14.5. The van der Waals surface area contributed by atoms with Gasteiger partial charge in [0, 0.05) is 39.3 Å². The fourth-order valence-electron chi connectivity index (χ4n) is 2.34. The van der Waals surface area contributed by atoms with Crippen molar-refractivity contribution >= 4 is 17.0 Å². The van der Waals surface area contributed by atoms with Gasteiger partial charge in [-0.1, -0.05) is 0 Å². The van der Waals surface area contributed by atoms with Crippen LogP contribution in [-0.2, 0) is 20.1 Å². The van der Waals surface area contributed by atoms with Crippen LogP contribution in [0.1, 0.15) is 17.1 Å². The van der Waals surface area contributed by atoms with Crippen LogP contribution < -0.4 is 10.2 Å². The Morgan fingerprint density at radius 2 is 2.14 bits per heavy atom. The molecule has 0 radical (unpaired) electrons. The van der Waals surface area contributed by atoms with Crippen LogP contribution in [0.4, 0.5) is 5.95 Å². The zero-order valence-corrected chi connectivity index (χ0v) is 13.3. The summed E-state index contributed by atoms with van der Waals surface area (Å²) in [7, 11) is 5.74. The molecule has 0 aliphatic rings. The highest BCUT2D eigenvalue weighted by Crippen LogP contribution is 2.16. The first-order chi connectivity index (χ1) is 10.5. The van der Waals surface area contributed by atoms with E-state index in [9.17, 15) is 0 Å². The molecular formula is C14H20N8. The minimum absolute atomic E-state index is 0.630. The number of nitrogens with one attached hydrogen (secondary N) is 2. The molecule has 0 bridgehead atoms. The number of H-pyrrole nitrogens is 1. The van der Waals surface area contributed by atoms with Gasteiger partial charge >= 0.3 is 0 Å². The van der Waals surface area contributed by atoms with Crippen molar-refractivity contribution < 1.29 is 0 Å². The highest BCUT2D eigenvalue weighted by Gasteiger charge is 2.07. The van der Waals surface area contributed by atoms with Crippen LogP contribution in [-0.4, -0.2) is 44.0 Å². The first-order valence-electron chi connectivity index (χ1n) is 7.12. The van der Waals surface area contributed by atoms with Gasteiger partial charge in [0.25, 0.3) is 0 Å². The molecule has 3 aromatic rings. The average Bonchev–Trinajstić information content (AvgIpc) is 3.05. The second kappa shape index (κ2) is 5.72. The summed E-state index contributed by atoms with van der Waals surface area (Å²) in [6, 6.07) is 2.13. The van der Waals surface area contributed by atoms with Crippen molar-refractivity contribution in [2.24, 2.45) is 7.05 Å². The second-order valence-electron chi connectivity index (χ2n) is 5.50. The number of pyridine rings is 1. The molecule has 22 heavy (non-hydrogen) atoms. The summed E-state index contributed by atoms with van der Waals surface area (Å²) in [4.78, 5) is 10.7. The molecule has 0 fully saturated rings. The van der Waals surface area contributed by atoms with Crippen molar-refractivity contribution in [3.8, 4) is 0 Å². The van der Waals surface area contributed by atoms with Gasteiger partial charge in [-0.05, 0) is 18.6 Å². The van der Waals surface area contributed by atoms with Crippen LogP contribution >= 0.6 is 0 Å². The standard InChI is InChI=1S/C14H20N8/c1-9-11-5-10(7-16-13(11)22(4)20-9)6-15-8-12-17-14(19-18-12)21(2)3/h5,7,15H,6,8H2,1-4H3,(H,17,18,19). The van der Waals surface area contributed by atoms with Gasteiger partial charge in [0.1, 0.15) is 5.82 Å². The van der Waals surface area contributed by atoms with Crippen LogP contribution in [0.3, 0.4) is 0 Å². The molecule has 0 saturated carbocycles. The molecule has 8 heteroatoms. The Balaban J connectivity index is 1.64. The quantitative estimate of drug-likeness (QED) is 0.723. The predicted octanol–water partition coefficient (Wildman–Crippen LogP) is 0.751. The van der Waals surface area contributed by atoms with E-state index < -0.39 is 0 Å². The highest BCUT2D eigenvalue weighted by molar-refractivity contribution is 5.78.